The lowest BCUT2D eigenvalue weighted by molar-refractivity contribution is -0.141. The number of rotatable bonds is 4. The Kier molecular flexibility index (Phi) is 4.88. The summed E-state index contributed by atoms with van der Waals surface area (Å²) in [7, 11) is -0.616. The second-order valence-corrected chi connectivity index (χ2v) is 8.29. The molecule has 1 atom stereocenters. The van der Waals surface area contributed by atoms with Crippen LogP contribution in [0.3, 0.4) is 0 Å². The van der Waals surface area contributed by atoms with Crippen molar-refractivity contribution in [3.05, 3.63) is 24.0 Å². The number of piperidine rings is 1. The van der Waals surface area contributed by atoms with Crippen molar-refractivity contribution in [2.75, 3.05) is 31.1 Å². The largest absolute Gasteiger partial charge is 0.488 e. The third-order valence-corrected chi connectivity index (χ3v) is 6.60. The maximum atomic E-state index is 12.5. The summed E-state index contributed by atoms with van der Waals surface area (Å²) < 4.78 is 54.4. The van der Waals surface area contributed by atoms with Crippen molar-refractivity contribution in [2.45, 2.75) is 32.0 Å². The topological polar surface area (TPSA) is 42.4 Å². The molecule has 24 heavy (non-hydrogen) atoms. The maximum Gasteiger partial charge on any atom is 0.433 e. The fourth-order valence-corrected chi connectivity index (χ4v) is 5.25. The van der Waals surface area contributed by atoms with Crippen molar-refractivity contribution < 1.29 is 22.1 Å². The highest BCUT2D eigenvalue weighted by atomic mass is 32.2. The zero-order valence-corrected chi connectivity index (χ0v) is 14.3. The molecule has 0 amide bonds. The molecule has 0 aromatic carbocycles. The Labute approximate surface area is 141 Å². The Morgan fingerprint density at radius 2 is 2.00 bits per heavy atom. The molecule has 0 radical (unpaired) electrons. The van der Waals surface area contributed by atoms with Gasteiger partial charge in [0.25, 0.3) is 0 Å². The third kappa shape index (κ3) is 4.08. The van der Waals surface area contributed by atoms with Gasteiger partial charge in [-0.1, -0.05) is 0 Å². The molecule has 0 aliphatic carbocycles. The van der Waals surface area contributed by atoms with Gasteiger partial charge >= 0.3 is 6.18 Å². The lowest BCUT2D eigenvalue weighted by Crippen LogP contribution is -2.53. The van der Waals surface area contributed by atoms with Gasteiger partial charge in [-0.25, -0.2) is 4.98 Å². The molecule has 1 aromatic heterocycles. The van der Waals surface area contributed by atoms with E-state index < -0.39 is 22.7 Å². The van der Waals surface area contributed by atoms with Crippen molar-refractivity contribution in [3.63, 3.8) is 0 Å². The molecule has 1 aromatic rings. The van der Waals surface area contributed by atoms with Crippen LogP contribution in [0.15, 0.2) is 18.3 Å². The van der Waals surface area contributed by atoms with E-state index >= 15 is 0 Å². The normalized spacial score (nSPS) is 23.0. The SMILES string of the molecule is CC(CN1CCC2(CC1)CS(=O)C2)Oc1ccc(C(F)(F)F)nc1. The summed E-state index contributed by atoms with van der Waals surface area (Å²) in [6.45, 7) is 4.53. The average molecular weight is 362 g/mol. The minimum atomic E-state index is -4.43. The van der Waals surface area contributed by atoms with Crippen LogP contribution in [0.25, 0.3) is 0 Å². The van der Waals surface area contributed by atoms with E-state index in [4.69, 9.17) is 4.74 Å². The van der Waals surface area contributed by atoms with Crippen LogP contribution in [0.5, 0.6) is 5.75 Å². The second kappa shape index (κ2) is 6.63. The molecular formula is C16H21F3N2O2S. The Balaban J connectivity index is 1.46. The maximum absolute atomic E-state index is 12.5. The second-order valence-electron chi connectivity index (χ2n) is 6.83. The fraction of sp³-hybridized carbons (Fsp3) is 0.688. The molecule has 1 unspecified atom stereocenters. The average Bonchev–Trinajstić information content (AvgIpc) is 2.48. The highest BCUT2D eigenvalue weighted by Crippen LogP contribution is 2.40. The molecule has 0 N–H and O–H groups in total. The van der Waals surface area contributed by atoms with Gasteiger partial charge in [-0.15, -0.1) is 0 Å². The number of nitrogens with zero attached hydrogens (tertiary/aromatic N) is 2. The van der Waals surface area contributed by atoms with Crippen LogP contribution < -0.4 is 4.74 Å². The number of pyridine rings is 1. The molecule has 3 rings (SSSR count). The van der Waals surface area contributed by atoms with Crippen molar-refractivity contribution >= 4 is 10.8 Å². The van der Waals surface area contributed by atoms with E-state index in [0.29, 0.717) is 11.2 Å². The summed E-state index contributed by atoms with van der Waals surface area (Å²) in [5.41, 5.74) is -0.621. The van der Waals surface area contributed by atoms with Gasteiger partial charge in [0.2, 0.25) is 0 Å². The summed E-state index contributed by atoms with van der Waals surface area (Å²) in [4.78, 5) is 5.70. The standard InChI is InChI=1S/C16H21F3N2O2S/c1-12(23-13-2-3-14(20-8-13)16(17,18)19)9-21-6-4-15(5-7-21)10-24(22)11-15/h2-3,8,12H,4-7,9-11H2,1H3. The van der Waals surface area contributed by atoms with E-state index in [-0.39, 0.29) is 6.10 Å². The fourth-order valence-electron chi connectivity index (χ4n) is 3.39. The van der Waals surface area contributed by atoms with Crippen LogP contribution >= 0.6 is 0 Å². The predicted octanol–water partition coefficient (Wildman–Crippen LogP) is 2.71. The molecule has 2 saturated heterocycles. The first-order chi connectivity index (χ1) is 11.3. The number of halogens is 3. The van der Waals surface area contributed by atoms with Gasteiger partial charge in [-0.05, 0) is 50.4 Å². The summed E-state index contributed by atoms with van der Waals surface area (Å²) in [5.74, 6) is 2.02. The molecular weight excluding hydrogens is 341 g/mol. The monoisotopic (exact) mass is 362 g/mol. The van der Waals surface area contributed by atoms with Crippen LogP contribution in [0.1, 0.15) is 25.5 Å². The van der Waals surface area contributed by atoms with Crippen molar-refractivity contribution in [3.8, 4) is 5.75 Å². The van der Waals surface area contributed by atoms with E-state index in [2.05, 4.69) is 9.88 Å². The van der Waals surface area contributed by atoms with Gasteiger partial charge in [-0.3, -0.25) is 9.11 Å². The number of likely N-dealkylation sites (tertiary alicyclic amines) is 1. The summed E-state index contributed by atoms with van der Waals surface area (Å²) in [5, 5.41) is 0. The van der Waals surface area contributed by atoms with Gasteiger partial charge in [0.15, 0.2) is 0 Å². The van der Waals surface area contributed by atoms with Gasteiger partial charge in [0, 0.05) is 28.9 Å². The Hall–Kier alpha value is -1.15. The minimum Gasteiger partial charge on any atom is -0.488 e. The summed E-state index contributed by atoms with van der Waals surface area (Å²) >= 11 is 0. The highest BCUT2D eigenvalue weighted by molar-refractivity contribution is 7.86. The number of hydrogen-bond acceptors (Lipinski definition) is 4. The van der Waals surface area contributed by atoms with E-state index in [1.54, 1.807) is 0 Å². The lowest BCUT2D eigenvalue weighted by atomic mass is 9.81. The molecule has 2 fully saturated rings. The quantitative estimate of drug-likeness (QED) is 0.826. The van der Waals surface area contributed by atoms with Gasteiger partial charge in [0.05, 0.1) is 6.20 Å². The number of aromatic nitrogens is 1. The molecule has 2 aliphatic heterocycles. The number of ether oxygens (including phenoxy) is 1. The van der Waals surface area contributed by atoms with Gasteiger partial charge in [-0.2, -0.15) is 13.2 Å². The first-order valence-corrected chi connectivity index (χ1v) is 9.52. The summed E-state index contributed by atoms with van der Waals surface area (Å²) in [6, 6.07) is 2.24. The molecule has 3 heterocycles. The zero-order chi connectivity index (χ0) is 17.4. The van der Waals surface area contributed by atoms with Gasteiger partial charge in [0.1, 0.15) is 17.5 Å². The molecule has 1 spiro atoms. The number of hydrogen-bond donors (Lipinski definition) is 0. The molecule has 0 bridgehead atoms. The van der Waals surface area contributed by atoms with Crippen molar-refractivity contribution in [1.29, 1.82) is 0 Å². The Bertz CT molecular complexity index is 588. The first kappa shape index (κ1) is 17.7. The van der Waals surface area contributed by atoms with E-state index in [1.165, 1.54) is 6.07 Å². The Morgan fingerprint density at radius 1 is 1.33 bits per heavy atom. The van der Waals surface area contributed by atoms with Crippen LogP contribution in [-0.4, -0.2) is 51.3 Å². The molecule has 4 nitrogen and oxygen atoms in total. The first-order valence-electron chi connectivity index (χ1n) is 8.03. The third-order valence-electron chi connectivity index (χ3n) is 4.73. The lowest BCUT2D eigenvalue weighted by Gasteiger charge is -2.47. The predicted molar refractivity (Wildman–Crippen MR) is 85.3 cm³/mol. The van der Waals surface area contributed by atoms with Crippen LogP contribution in [0.2, 0.25) is 0 Å². The van der Waals surface area contributed by atoms with Crippen LogP contribution in [0.4, 0.5) is 13.2 Å². The molecule has 0 saturated carbocycles. The van der Waals surface area contributed by atoms with E-state index in [9.17, 15) is 17.4 Å². The van der Waals surface area contributed by atoms with E-state index in [0.717, 1.165) is 56.2 Å². The zero-order valence-electron chi connectivity index (χ0n) is 13.5. The number of alkyl halides is 3. The van der Waals surface area contributed by atoms with E-state index in [1.807, 2.05) is 6.92 Å². The molecule has 8 heteroatoms. The minimum absolute atomic E-state index is 0.131. The smallest absolute Gasteiger partial charge is 0.433 e. The van der Waals surface area contributed by atoms with Gasteiger partial charge < -0.3 is 4.74 Å². The van der Waals surface area contributed by atoms with Crippen molar-refractivity contribution in [2.24, 2.45) is 5.41 Å². The molecule has 2 aliphatic rings. The molecule has 134 valence electrons. The van der Waals surface area contributed by atoms with Crippen LogP contribution in [-0.2, 0) is 17.0 Å². The highest BCUT2D eigenvalue weighted by Gasteiger charge is 2.44. The Morgan fingerprint density at radius 3 is 2.50 bits per heavy atom. The van der Waals surface area contributed by atoms with Crippen molar-refractivity contribution in [1.82, 2.24) is 9.88 Å². The summed E-state index contributed by atoms with van der Waals surface area (Å²) in [6.07, 6.45) is -1.32. The van der Waals surface area contributed by atoms with Crippen LogP contribution in [0, 0.1) is 5.41 Å².